The maximum absolute atomic E-state index is 12.5. The minimum Gasteiger partial charge on any atom is -0.486 e. The van der Waals surface area contributed by atoms with Gasteiger partial charge in [0.15, 0.2) is 5.76 Å². The molecule has 6 nitrogen and oxygen atoms in total. The van der Waals surface area contributed by atoms with E-state index in [0.29, 0.717) is 28.0 Å². The Morgan fingerprint density at radius 1 is 1.10 bits per heavy atom. The van der Waals surface area contributed by atoms with Crippen molar-refractivity contribution in [2.75, 3.05) is 5.32 Å². The average Bonchev–Trinajstić information content (AvgIpc) is 3.40. The summed E-state index contributed by atoms with van der Waals surface area (Å²) in [5, 5.41) is 8.02. The van der Waals surface area contributed by atoms with Crippen LogP contribution in [0, 0.1) is 3.57 Å². The fourth-order valence-electron chi connectivity index (χ4n) is 2.80. The highest BCUT2D eigenvalue weighted by molar-refractivity contribution is 14.1. The molecular formula is C22H16Cl2IN3O3. The van der Waals surface area contributed by atoms with Gasteiger partial charge in [-0.05, 0) is 76.7 Å². The zero-order valence-corrected chi connectivity index (χ0v) is 19.7. The number of hydrogen-bond donors (Lipinski definition) is 1. The Labute approximate surface area is 202 Å². The van der Waals surface area contributed by atoms with Gasteiger partial charge >= 0.3 is 0 Å². The van der Waals surface area contributed by atoms with E-state index < -0.39 is 0 Å². The first kappa shape index (κ1) is 21.7. The lowest BCUT2D eigenvalue weighted by Crippen LogP contribution is -2.10. The quantitative estimate of drug-likeness (QED) is 0.267. The Balaban J connectivity index is 1.33. The number of anilines is 1. The van der Waals surface area contributed by atoms with Gasteiger partial charge < -0.3 is 14.5 Å². The highest BCUT2D eigenvalue weighted by Gasteiger charge is 2.13. The molecule has 4 rings (SSSR count). The molecule has 0 fully saturated rings. The van der Waals surface area contributed by atoms with Gasteiger partial charge in [0, 0.05) is 9.77 Å². The number of carbonyl (C=O) groups is 1. The predicted octanol–water partition coefficient (Wildman–Crippen LogP) is 6.27. The van der Waals surface area contributed by atoms with E-state index in [9.17, 15) is 4.79 Å². The van der Waals surface area contributed by atoms with E-state index in [1.165, 1.54) is 0 Å². The summed E-state index contributed by atoms with van der Waals surface area (Å²) >= 11 is 14.2. The van der Waals surface area contributed by atoms with Gasteiger partial charge in [-0.1, -0.05) is 29.3 Å². The van der Waals surface area contributed by atoms with Crippen LogP contribution in [-0.4, -0.2) is 15.7 Å². The topological polar surface area (TPSA) is 69.3 Å². The lowest BCUT2D eigenvalue weighted by molar-refractivity contribution is 0.0992. The highest BCUT2D eigenvalue weighted by Crippen LogP contribution is 2.23. The van der Waals surface area contributed by atoms with Crippen molar-refractivity contribution in [1.29, 1.82) is 0 Å². The van der Waals surface area contributed by atoms with Crippen molar-refractivity contribution < 1.29 is 13.9 Å². The number of nitrogens with zero attached hydrogens (tertiary/aromatic N) is 2. The molecule has 0 atom stereocenters. The SMILES string of the molecule is O=C(Nc1cnn(Cc2ccc(Cl)c(Cl)c2)c1)c1ccc(COc2ccc(I)cc2)o1. The van der Waals surface area contributed by atoms with Gasteiger partial charge in [-0.3, -0.25) is 9.48 Å². The second-order valence-corrected chi connectivity index (χ2v) is 8.70. The Morgan fingerprint density at radius 3 is 2.68 bits per heavy atom. The fraction of sp³-hybridized carbons (Fsp3) is 0.0909. The molecular weight excluding hydrogens is 552 g/mol. The minimum atomic E-state index is -0.366. The van der Waals surface area contributed by atoms with E-state index in [1.807, 2.05) is 30.3 Å². The van der Waals surface area contributed by atoms with Crippen LogP contribution in [0.3, 0.4) is 0 Å². The zero-order valence-electron chi connectivity index (χ0n) is 16.0. The summed E-state index contributed by atoms with van der Waals surface area (Å²) in [6.07, 6.45) is 3.29. The van der Waals surface area contributed by atoms with E-state index in [4.69, 9.17) is 32.4 Å². The lowest BCUT2D eigenvalue weighted by Gasteiger charge is -2.04. The van der Waals surface area contributed by atoms with Crippen molar-refractivity contribution >= 4 is 57.4 Å². The molecule has 4 aromatic rings. The molecule has 2 aromatic carbocycles. The van der Waals surface area contributed by atoms with Crippen LogP contribution < -0.4 is 10.1 Å². The Kier molecular flexibility index (Phi) is 6.84. The normalized spacial score (nSPS) is 10.8. The van der Waals surface area contributed by atoms with Crippen LogP contribution in [-0.2, 0) is 13.2 Å². The first-order chi connectivity index (χ1) is 15.0. The maximum Gasteiger partial charge on any atom is 0.291 e. The average molecular weight is 568 g/mol. The van der Waals surface area contributed by atoms with E-state index in [2.05, 4.69) is 33.0 Å². The Bertz CT molecular complexity index is 1200. The highest BCUT2D eigenvalue weighted by atomic mass is 127. The number of carbonyl (C=O) groups excluding carboxylic acids is 1. The number of rotatable bonds is 7. The molecule has 31 heavy (non-hydrogen) atoms. The number of benzene rings is 2. The van der Waals surface area contributed by atoms with Gasteiger partial charge in [0.05, 0.1) is 28.5 Å². The van der Waals surface area contributed by atoms with E-state index in [-0.39, 0.29) is 18.3 Å². The molecule has 0 bridgehead atoms. The molecule has 158 valence electrons. The van der Waals surface area contributed by atoms with Crippen LogP contribution >= 0.6 is 45.8 Å². The second kappa shape index (κ2) is 9.76. The summed E-state index contributed by atoms with van der Waals surface area (Å²) in [6, 6.07) is 16.4. The third-order valence-corrected chi connectivity index (χ3v) is 5.76. The Hall–Kier alpha value is -2.49. The molecule has 0 aliphatic rings. The number of nitrogens with one attached hydrogen (secondary N) is 1. The number of amides is 1. The second-order valence-electron chi connectivity index (χ2n) is 6.64. The number of halogens is 3. The molecule has 0 unspecified atom stereocenters. The smallest absolute Gasteiger partial charge is 0.291 e. The van der Waals surface area contributed by atoms with E-state index in [1.54, 1.807) is 41.3 Å². The third-order valence-electron chi connectivity index (χ3n) is 4.30. The molecule has 2 heterocycles. The van der Waals surface area contributed by atoms with Gasteiger partial charge in [-0.15, -0.1) is 0 Å². The van der Waals surface area contributed by atoms with Gasteiger partial charge in [0.1, 0.15) is 18.1 Å². The van der Waals surface area contributed by atoms with Crippen molar-refractivity contribution in [1.82, 2.24) is 9.78 Å². The number of aromatic nitrogens is 2. The van der Waals surface area contributed by atoms with Gasteiger partial charge in [-0.2, -0.15) is 5.10 Å². The number of ether oxygens (including phenoxy) is 1. The fourth-order valence-corrected chi connectivity index (χ4v) is 3.48. The summed E-state index contributed by atoms with van der Waals surface area (Å²) in [7, 11) is 0. The number of hydrogen-bond acceptors (Lipinski definition) is 4. The van der Waals surface area contributed by atoms with Crippen molar-refractivity contribution in [3.8, 4) is 5.75 Å². The van der Waals surface area contributed by atoms with Crippen molar-refractivity contribution in [3.63, 3.8) is 0 Å². The molecule has 1 N–H and O–H groups in total. The van der Waals surface area contributed by atoms with Gasteiger partial charge in [-0.25, -0.2) is 0 Å². The van der Waals surface area contributed by atoms with E-state index >= 15 is 0 Å². The summed E-state index contributed by atoms with van der Waals surface area (Å²) in [5.41, 5.74) is 1.50. The summed E-state index contributed by atoms with van der Waals surface area (Å²) < 4.78 is 14.1. The molecule has 2 aromatic heterocycles. The summed E-state index contributed by atoms with van der Waals surface area (Å²) in [6.45, 7) is 0.725. The minimum absolute atomic E-state index is 0.193. The van der Waals surface area contributed by atoms with Crippen LogP contribution in [0.1, 0.15) is 21.9 Å². The first-order valence-corrected chi connectivity index (χ1v) is 11.0. The molecule has 0 spiro atoms. The van der Waals surface area contributed by atoms with Gasteiger partial charge in [0.2, 0.25) is 0 Å². The molecule has 9 heteroatoms. The Morgan fingerprint density at radius 2 is 1.90 bits per heavy atom. The van der Waals surface area contributed by atoms with Crippen molar-refractivity contribution in [2.24, 2.45) is 0 Å². The standard InChI is InChI=1S/C22H16Cl2IN3O3/c23-19-7-1-14(9-20(19)24)11-28-12-16(10-26-28)27-22(29)21-8-6-18(31-21)13-30-17-4-2-15(25)3-5-17/h1-10,12H,11,13H2,(H,27,29). The first-order valence-electron chi connectivity index (χ1n) is 9.21. The molecule has 0 saturated heterocycles. The van der Waals surface area contributed by atoms with Crippen LogP contribution in [0.25, 0.3) is 0 Å². The molecule has 0 aliphatic carbocycles. The molecule has 1 amide bonds. The zero-order chi connectivity index (χ0) is 21.8. The summed E-state index contributed by atoms with van der Waals surface area (Å²) in [5.74, 6) is 1.12. The van der Waals surface area contributed by atoms with Crippen LogP contribution in [0.15, 0.2) is 71.4 Å². The van der Waals surface area contributed by atoms with Crippen LogP contribution in [0.5, 0.6) is 5.75 Å². The lowest BCUT2D eigenvalue weighted by atomic mass is 10.2. The van der Waals surface area contributed by atoms with Crippen molar-refractivity contribution in [3.05, 3.63) is 97.7 Å². The predicted molar refractivity (Wildman–Crippen MR) is 128 cm³/mol. The van der Waals surface area contributed by atoms with E-state index in [0.717, 1.165) is 14.9 Å². The molecule has 0 saturated carbocycles. The van der Waals surface area contributed by atoms with Gasteiger partial charge in [0.25, 0.3) is 5.91 Å². The summed E-state index contributed by atoms with van der Waals surface area (Å²) in [4.78, 5) is 12.5. The van der Waals surface area contributed by atoms with Crippen molar-refractivity contribution in [2.45, 2.75) is 13.2 Å². The monoisotopic (exact) mass is 567 g/mol. The molecule has 0 aliphatic heterocycles. The van der Waals surface area contributed by atoms with Crippen LogP contribution in [0.2, 0.25) is 10.0 Å². The third kappa shape index (κ3) is 5.81. The number of furan rings is 1. The largest absolute Gasteiger partial charge is 0.486 e. The van der Waals surface area contributed by atoms with Crippen LogP contribution in [0.4, 0.5) is 5.69 Å². The maximum atomic E-state index is 12.5. The molecule has 0 radical (unpaired) electrons.